The third-order valence-electron chi connectivity index (χ3n) is 18.5. The van der Waals surface area contributed by atoms with Crippen LogP contribution in [-0.2, 0) is 0 Å². The first-order valence-electron chi connectivity index (χ1n) is 28.9. The Morgan fingerprint density at radius 2 is 0.333 bits per heavy atom. The highest BCUT2D eigenvalue weighted by molar-refractivity contribution is 6.27. The number of hydrogen-bond acceptors (Lipinski definition) is 4. The molecule has 0 radical (unpaired) electrons. The lowest BCUT2D eigenvalue weighted by Crippen LogP contribution is -2.05. The van der Waals surface area contributed by atoms with Crippen LogP contribution in [-0.4, -0.2) is 20.4 Å². The normalized spacial score (nSPS) is 13.8. The van der Waals surface area contributed by atoms with Crippen molar-refractivity contribution in [2.75, 3.05) is 0 Å². The second-order valence-corrected chi connectivity index (χ2v) is 23.0. The van der Waals surface area contributed by atoms with Gasteiger partial charge >= 0.3 is 0 Å². The van der Waals surface area contributed by atoms with Gasteiger partial charge < -0.3 is 20.4 Å². The lowest BCUT2D eigenvalue weighted by Gasteiger charge is -2.20. The van der Waals surface area contributed by atoms with Crippen LogP contribution in [0.3, 0.4) is 0 Å². The number of aliphatic hydroxyl groups is 4. The van der Waals surface area contributed by atoms with Crippen molar-refractivity contribution in [2.24, 2.45) is 0 Å². The van der Waals surface area contributed by atoms with E-state index in [1.807, 2.05) is 72.8 Å². The lowest BCUT2D eigenvalue weighted by molar-refractivity contribution is 0.214. The molecular weight excluding hydrogens is 1020 g/mol. The highest BCUT2D eigenvalue weighted by Crippen LogP contribution is 2.45. The van der Waals surface area contributed by atoms with Crippen LogP contribution in [0.1, 0.15) is 68.9 Å². The molecule has 0 aliphatic heterocycles. The van der Waals surface area contributed by atoms with Crippen molar-refractivity contribution in [2.45, 2.75) is 24.4 Å². The maximum Gasteiger partial charge on any atom is 0.105 e. The van der Waals surface area contributed by atoms with E-state index < -0.39 is 24.4 Å². The van der Waals surface area contributed by atoms with Gasteiger partial charge in [0.2, 0.25) is 0 Å². The summed E-state index contributed by atoms with van der Waals surface area (Å²) in [5.74, 6) is 0. The molecule has 0 spiro atoms. The van der Waals surface area contributed by atoms with Crippen LogP contribution in [0.25, 0.3) is 129 Å². The molecule has 0 heterocycles. The molecule has 0 fully saturated rings. The maximum absolute atomic E-state index is 11.8. The van der Waals surface area contributed by atoms with Crippen molar-refractivity contribution in [3.63, 3.8) is 0 Å². The van der Waals surface area contributed by atoms with Crippen molar-refractivity contribution >= 4 is 129 Å². The minimum atomic E-state index is -0.830. The van der Waals surface area contributed by atoms with Gasteiger partial charge in [-0.05, 0) is 186 Å². The second kappa shape index (κ2) is 18.7. The van der Waals surface area contributed by atoms with Crippen LogP contribution in [0, 0.1) is 0 Å². The highest BCUT2D eigenvalue weighted by atomic mass is 16.3. The van der Waals surface area contributed by atoms with Gasteiger partial charge in [-0.15, -0.1) is 0 Å². The molecular formula is C80H52O4. The summed E-state index contributed by atoms with van der Waals surface area (Å²) in [5, 5.41) is 75.3. The third kappa shape index (κ3) is 7.35. The van der Waals surface area contributed by atoms with Gasteiger partial charge in [0.05, 0.1) is 0 Å². The predicted octanol–water partition coefficient (Wildman–Crippen LogP) is 19.3. The first-order chi connectivity index (χ1) is 41.3. The Hall–Kier alpha value is -10.0. The summed E-state index contributed by atoms with van der Waals surface area (Å²) in [5.41, 5.74) is 6.53. The number of hydrogen-bond donors (Lipinski definition) is 4. The zero-order chi connectivity index (χ0) is 55.9. The Kier molecular flexibility index (Phi) is 10.9. The topological polar surface area (TPSA) is 80.9 Å². The Labute approximate surface area is 482 Å². The van der Waals surface area contributed by atoms with E-state index in [-0.39, 0.29) is 0 Å². The summed E-state index contributed by atoms with van der Waals surface area (Å²) in [6, 6.07) is 92.1. The molecule has 4 unspecified atom stereocenters. The summed E-state index contributed by atoms with van der Waals surface area (Å²) >= 11 is 0. The zero-order valence-corrected chi connectivity index (χ0v) is 45.5. The summed E-state index contributed by atoms with van der Waals surface area (Å²) in [4.78, 5) is 0. The number of rotatable bonds is 8. The van der Waals surface area contributed by atoms with E-state index in [1.165, 1.54) is 108 Å². The molecule has 0 saturated heterocycles. The molecule has 4 nitrogen and oxygen atoms in total. The Morgan fingerprint density at radius 1 is 0.167 bits per heavy atom. The molecule has 84 heavy (non-hydrogen) atoms. The van der Waals surface area contributed by atoms with Gasteiger partial charge in [0.1, 0.15) is 24.4 Å². The van der Waals surface area contributed by atoms with Gasteiger partial charge in [-0.1, -0.05) is 255 Å². The van der Waals surface area contributed by atoms with Crippen LogP contribution in [0.15, 0.2) is 267 Å². The molecule has 18 rings (SSSR count). The van der Waals surface area contributed by atoms with E-state index in [0.717, 1.165) is 66.1 Å². The summed E-state index contributed by atoms with van der Waals surface area (Å²) in [7, 11) is 0. The van der Waals surface area contributed by atoms with Gasteiger partial charge in [-0.3, -0.25) is 0 Å². The van der Waals surface area contributed by atoms with Crippen molar-refractivity contribution in [1.29, 1.82) is 0 Å². The van der Waals surface area contributed by atoms with Crippen molar-refractivity contribution in [1.82, 2.24) is 0 Å². The average molecular weight is 1080 g/mol. The van der Waals surface area contributed by atoms with Crippen LogP contribution < -0.4 is 0 Å². The first-order valence-corrected chi connectivity index (χ1v) is 28.9. The first kappa shape index (κ1) is 48.6. The largest absolute Gasteiger partial charge is 0.384 e. The van der Waals surface area contributed by atoms with E-state index in [1.54, 1.807) is 0 Å². The number of benzene rings is 18. The van der Waals surface area contributed by atoms with Crippen LogP contribution in [0.2, 0.25) is 0 Å². The highest BCUT2D eigenvalue weighted by Gasteiger charge is 2.24. The van der Waals surface area contributed by atoms with Crippen LogP contribution in [0.5, 0.6) is 0 Å². The Bertz CT molecular complexity index is 4860. The van der Waals surface area contributed by atoms with E-state index in [9.17, 15) is 20.4 Å². The maximum atomic E-state index is 11.8. The van der Waals surface area contributed by atoms with E-state index in [4.69, 9.17) is 0 Å². The molecule has 0 aliphatic rings. The molecule has 18 aromatic rings. The SMILES string of the molecule is OC(c1cccc(C(O)c2ccc3ccc4cccc5ccc2c3c45)c1)c1ccc2ccc3cccc4ccc1c2c34.OC(c1cccc(C(O)c2ccc3ccc4cccc5ccc2c3c45)c1)c1ccc2ccc3cccc4ccc1c2c34. The monoisotopic (exact) mass is 1080 g/mol. The zero-order valence-electron chi connectivity index (χ0n) is 45.5. The summed E-state index contributed by atoms with van der Waals surface area (Å²) < 4.78 is 0. The standard InChI is InChI=1S/2C40H26O2/c2*41-39(33-20-16-27-12-10-23-4-1-6-25-14-18-31(33)37(27)35(23)25)29-8-3-9-30(22-29)40(42)34-21-17-28-13-11-24-5-2-7-26-15-19-32(34)38(28)36(24)26/h2*1-22,39-42H. The van der Waals surface area contributed by atoms with Gasteiger partial charge in [-0.25, -0.2) is 0 Å². The fourth-order valence-corrected chi connectivity index (χ4v) is 14.5. The minimum absolute atomic E-state index is 0.763. The fourth-order valence-electron chi connectivity index (χ4n) is 14.5. The predicted molar refractivity (Wildman–Crippen MR) is 350 cm³/mol. The molecule has 396 valence electrons. The lowest BCUT2D eigenvalue weighted by atomic mass is 9.87. The molecule has 4 N–H and O–H groups in total. The van der Waals surface area contributed by atoms with Crippen molar-refractivity contribution < 1.29 is 20.4 Å². The molecule has 0 amide bonds. The van der Waals surface area contributed by atoms with Crippen LogP contribution in [0.4, 0.5) is 0 Å². The van der Waals surface area contributed by atoms with Crippen molar-refractivity contribution in [3.8, 4) is 0 Å². The van der Waals surface area contributed by atoms with E-state index in [2.05, 4.69) is 194 Å². The molecule has 0 bridgehead atoms. The molecule has 18 aromatic carbocycles. The third-order valence-corrected chi connectivity index (χ3v) is 18.5. The fraction of sp³-hybridized carbons (Fsp3) is 0.0500. The summed E-state index contributed by atoms with van der Waals surface area (Å²) in [6.45, 7) is 0. The number of aliphatic hydroxyl groups excluding tert-OH is 4. The van der Waals surface area contributed by atoms with E-state index in [0.29, 0.717) is 0 Å². The minimum Gasteiger partial charge on any atom is -0.384 e. The van der Waals surface area contributed by atoms with Gasteiger partial charge in [-0.2, -0.15) is 0 Å². The average Bonchev–Trinajstić information content (AvgIpc) is 2.26. The molecule has 0 aliphatic carbocycles. The molecule has 4 heteroatoms. The van der Waals surface area contributed by atoms with Crippen molar-refractivity contribution in [3.05, 3.63) is 311 Å². The summed E-state index contributed by atoms with van der Waals surface area (Å²) in [6.07, 6.45) is -3.32. The Balaban J connectivity index is 0.000000132. The van der Waals surface area contributed by atoms with Crippen LogP contribution >= 0.6 is 0 Å². The van der Waals surface area contributed by atoms with E-state index >= 15 is 0 Å². The Morgan fingerprint density at radius 3 is 0.548 bits per heavy atom. The quantitative estimate of drug-likeness (QED) is 0.114. The van der Waals surface area contributed by atoms with Gasteiger partial charge in [0, 0.05) is 0 Å². The van der Waals surface area contributed by atoms with Gasteiger partial charge in [0.25, 0.3) is 0 Å². The second-order valence-electron chi connectivity index (χ2n) is 23.0. The molecule has 0 aromatic heterocycles. The van der Waals surface area contributed by atoms with Gasteiger partial charge in [0.15, 0.2) is 0 Å². The smallest absolute Gasteiger partial charge is 0.105 e. The molecule has 0 saturated carbocycles. The molecule has 4 atom stereocenters.